The Bertz CT molecular complexity index is 1040. The molecule has 128 valence electrons. The normalized spacial score (nSPS) is 11.8. The molecule has 3 aromatic rings. The summed E-state index contributed by atoms with van der Waals surface area (Å²) in [5.41, 5.74) is 2.26. The van der Waals surface area contributed by atoms with E-state index >= 15 is 0 Å². The van der Waals surface area contributed by atoms with E-state index in [1.807, 2.05) is 25.1 Å². The molecule has 0 bridgehead atoms. The first kappa shape index (κ1) is 17.4. The number of rotatable bonds is 4. The maximum atomic E-state index is 12.4. The van der Waals surface area contributed by atoms with Gasteiger partial charge in [-0.25, -0.2) is 0 Å². The lowest BCUT2D eigenvalue weighted by Gasteiger charge is -2.02. The molecule has 25 heavy (non-hydrogen) atoms. The maximum absolute atomic E-state index is 12.4. The van der Waals surface area contributed by atoms with Crippen molar-refractivity contribution in [3.8, 4) is 0 Å². The van der Waals surface area contributed by atoms with Crippen LogP contribution >= 0.6 is 22.9 Å². The zero-order valence-electron chi connectivity index (χ0n) is 13.4. The number of nitrogens with zero attached hydrogens (tertiary/aromatic N) is 2. The average molecular weight is 375 g/mol. The number of hydrogen-bond acceptors (Lipinski definition) is 3. The lowest BCUT2D eigenvalue weighted by atomic mass is 10.2. The maximum Gasteiger partial charge on any atom is 0.323 e. The van der Waals surface area contributed by atoms with Crippen LogP contribution in [0.5, 0.6) is 0 Å². The molecule has 1 aromatic heterocycles. The first-order valence-corrected chi connectivity index (χ1v) is 8.86. The molecule has 2 aromatic carbocycles. The van der Waals surface area contributed by atoms with E-state index in [1.54, 1.807) is 22.8 Å². The zero-order chi connectivity index (χ0) is 18.0. The highest BCUT2D eigenvalue weighted by Crippen LogP contribution is 2.20. The number of aryl methyl sites for hydroxylation is 1. The van der Waals surface area contributed by atoms with Crippen LogP contribution in [0.15, 0.2) is 47.5 Å². The number of halogens is 1. The van der Waals surface area contributed by atoms with E-state index < -0.39 is 11.9 Å². The Labute approximate surface area is 152 Å². The van der Waals surface area contributed by atoms with E-state index in [2.05, 4.69) is 4.99 Å². The van der Waals surface area contributed by atoms with Gasteiger partial charge in [-0.05, 0) is 42.3 Å². The summed E-state index contributed by atoms with van der Waals surface area (Å²) in [6, 6.07) is 12.3. The molecule has 0 atom stereocenters. The molecular formula is C18H15ClN2O3S. The predicted molar refractivity (Wildman–Crippen MR) is 98.2 cm³/mol. The summed E-state index contributed by atoms with van der Waals surface area (Å²) < 4.78 is 2.45. The molecule has 0 saturated carbocycles. The van der Waals surface area contributed by atoms with Crippen LogP contribution in [-0.2, 0) is 17.8 Å². The number of fused-ring (bicyclic) bond motifs is 1. The van der Waals surface area contributed by atoms with Gasteiger partial charge >= 0.3 is 5.97 Å². The molecule has 0 spiro atoms. The fourth-order valence-electron chi connectivity index (χ4n) is 2.48. The Morgan fingerprint density at radius 1 is 1.24 bits per heavy atom. The minimum Gasteiger partial charge on any atom is -0.480 e. The number of carbonyl (C=O) groups excluding carboxylic acids is 1. The summed E-state index contributed by atoms with van der Waals surface area (Å²) in [6.45, 7) is 1.79. The Morgan fingerprint density at radius 3 is 2.72 bits per heavy atom. The number of carboxylic acid groups (broad SMARTS) is 1. The highest BCUT2D eigenvalue weighted by Gasteiger charge is 2.12. The fraction of sp³-hybridized carbons (Fsp3) is 0.167. The van der Waals surface area contributed by atoms with E-state index in [0.717, 1.165) is 22.2 Å². The molecule has 0 saturated heterocycles. The standard InChI is InChI=1S/C18H15ClN2O3S/c1-2-11-6-7-14-15(8-11)25-18(21(14)10-16(22)23)20-17(24)12-4-3-5-13(19)9-12/h3-9H,2,10H2,1H3,(H,22,23). The molecule has 0 unspecified atom stereocenters. The number of thiazole rings is 1. The lowest BCUT2D eigenvalue weighted by Crippen LogP contribution is -2.21. The Kier molecular flexibility index (Phi) is 5.01. The Morgan fingerprint density at radius 2 is 2.04 bits per heavy atom. The number of aliphatic carboxylic acids is 1. The molecule has 0 radical (unpaired) electrons. The third kappa shape index (κ3) is 3.81. The average Bonchev–Trinajstić information content (AvgIpc) is 2.90. The summed E-state index contributed by atoms with van der Waals surface area (Å²) in [5, 5.41) is 9.64. The summed E-state index contributed by atoms with van der Waals surface area (Å²) >= 11 is 7.22. The first-order valence-electron chi connectivity index (χ1n) is 7.66. The second-order valence-electron chi connectivity index (χ2n) is 5.45. The van der Waals surface area contributed by atoms with Gasteiger partial charge in [0.1, 0.15) is 6.54 Å². The van der Waals surface area contributed by atoms with Gasteiger partial charge in [0.15, 0.2) is 4.80 Å². The molecule has 5 nitrogen and oxygen atoms in total. The van der Waals surface area contributed by atoms with E-state index in [1.165, 1.54) is 17.4 Å². The third-order valence-electron chi connectivity index (χ3n) is 3.72. The lowest BCUT2D eigenvalue weighted by molar-refractivity contribution is -0.137. The van der Waals surface area contributed by atoms with Crippen molar-refractivity contribution >= 4 is 45.0 Å². The van der Waals surface area contributed by atoms with Gasteiger partial charge in [0, 0.05) is 10.6 Å². The third-order valence-corrected chi connectivity index (χ3v) is 4.99. The second kappa shape index (κ2) is 7.21. The molecule has 3 rings (SSSR count). The highest BCUT2D eigenvalue weighted by atomic mass is 35.5. The van der Waals surface area contributed by atoms with Crippen LogP contribution in [0.3, 0.4) is 0 Å². The monoisotopic (exact) mass is 374 g/mol. The van der Waals surface area contributed by atoms with Crippen molar-refractivity contribution in [2.24, 2.45) is 4.99 Å². The van der Waals surface area contributed by atoms with Crippen LogP contribution in [0.25, 0.3) is 10.2 Å². The number of carboxylic acids is 1. The number of aromatic nitrogens is 1. The first-order chi connectivity index (χ1) is 12.0. The van der Waals surface area contributed by atoms with Crippen molar-refractivity contribution in [2.75, 3.05) is 0 Å². The van der Waals surface area contributed by atoms with Crippen molar-refractivity contribution < 1.29 is 14.7 Å². The van der Waals surface area contributed by atoms with Gasteiger partial charge in [0.05, 0.1) is 10.2 Å². The summed E-state index contributed by atoms with van der Waals surface area (Å²) in [4.78, 5) is 28.1. The van der Waals surface area contributed by atoms with Crippen molar-refractivity contribution in [3.63, 3.8) is 0 Å². The zero-order valence-corrected chi connectivity index (χ0v) is 15.0. The predicted octanol–water partition coefficient (Wildman–Crippen LogP) is 3.74. The van der Waals surface area contributed by atoms with E-state index in [0.29, 0.717) is 15.4 Å². The second-order valence-corrected chi connectivity index (χ2v) is 6.89. The quantitative estimate of drug-likeness (QED) is 0.756. The minimum atomic E-state index is -0.990. The number of hydrogen-bond donors (Lipinski definition) is 1. The van der Waals surface area contributed by atoms with Crippen LogP contribution in [0, 0.1) is 0 Å². The topological polar surface area (TPSA) is 71.7 Å². The van der Waals surface area contributed by atoms with Crippen molar-refractivity contribution in [3.05, 3.63) is 63.4 Å². The van der Waals surface area contributed by atoms with Crippen LogP contribution in [0.1, 0.15) is 22.8 Å². The van der Waals surface area contributed by atoms with Crippen molar-refractivity contribution in [1.82, 2.24) is 4.57 Å². The van der Waals surface area contributed by atoms with E-state index in [9.17, 15) is 14.7 Å². The molecule has 1 heterocycles. The van der Waals surface area contributed by atoms with Crippen LogP contribution in [0.4, 0.5) is 0 Å². The number of amides is 1. The highest BCUT2D eigenvalue weighted by molar-refractivity contribution is 7.16. The largest absolute Gasteiger partial charge is 0.480 e. The fourth-order valence-corrected chi connectivity index (χ4v) is 3.77. The summed E-state index contributed by atoms with van der Waals surface area (Å²) in [7, 11) is 0. The molecule has 1 amide bonds. The molecule has 7 heteroatoms. The van der Waals surface area contributed by atoms with Crippen molar-refractivity contribution in [1.29, 1.82) is 0 Å². The van der Waals surface area contributed by atoms with Gasteiger partial charge < -0.3 is 9.67 Å². The van der Waals surface area contributed by atoms with Crippen LogP contribution < -0.4 is 4.80 Å². The van der Waals surface area contributed by atoms with Gasteiger partial charge in [-0.15, -0.1) is 0 Å². The Hall–Kier alpha value is -2.44. The Balaban J connectivity index is 2.16. The van der Waals surface area contributed by atoms with Crippen LogP contribution in [-0.4, -0.2) is 21.6 Å². The molecule has 0 aliphatic carbocycles. The summed E-state index contributed by atoms with van der Waals surface area (Å²) in [5.74, 6) is -1.44. The van der Waals surface area contributed by atoms with E-state index in [4.69, 9.17) is 11.6 Å². The van der Waals surface area contributed by atoms with Crippen molar-refractivity contribution in [2.45, 2.75) is 19.9 Å². The minimum absolute atomic E-state index is 0.257. The molecule has 0 fully saturated rings. The summed E-state index contributed by atoms with van der Waals surface area (Å²) in [6.07, 6.45) is 0.876. The number of carbonyl (C=O) groups is 2. The molecule has 0 aliphatic rings. The van der Waals surface area contributed by atoms with Gasteiger partial charge in [-0.2, -0.15) is 4.99 Å². The molecule has 0 aliphatic heterocycles. The molecule has 1 N–H and O–H groups in total. The van der Waals surface area contributed by atoms with Gasteiger partial charge in [0.25, 0.3) is 5.91 Å². The van der Waals surface area contributed by atoms with Crippen LogP contribution in [0.2, 0.25) is 5.02 Å². The van der Waals surface area contributed by atoms with Gasteiger partial charge in [-0.3, -0.25) is 9.59 Å². The number of benzene rings is 2. The SMILES string of the molecule is CCc1ccc2c(c1)sc(=NC(=O)c1cccc(Cl)c1)n2CC(=O)O. The van der Waals surface area contributed by atoms with Gasteiger partial charge in [0.2, 0.25) is 0 Å². The smallest absolute Gasteiger partial charge is 0.323 e. The van der Waals surface area contributed by atoms with E-state index in [-0.39, 0.29) is 6.54 Å². The molecular weight excluding hydrogens is 360 g/mol. The van der Waals surface area contributed by atoms with Gasteiger partial charge in [-0.1, -0.05) is 42.0 Å².